The molecule has 41 heavy (non-hydrogen) atoms. The van der Waals surface area contributed by atoms with Gasteiger partial charge in [0, 0.05) is 30.1 Å². The third-order valence-electron chi connectivity index (χ3n) is 8.33. The number of anilines is 1. The van der Waals surface area contributed by atoms with E-state index in [1.54, 1.807) is 0 Å². The second-order valence-corrected chi connectivity index (χ2v) is 13.2. The molecule has 3 aliphatic rings. The number of fused-ring (bicyclic) bond motifs is 1. The number of rotatable bonds is 9. The number of aliphatic hydroxyl groups is 1. The van der Waals surface area contributed by atoms with E-state index >= 15 is 0 Å². The van der Waals surface area contributed by atoms with Gasteiger partial charge in [-0.1, -0.05) is 13.0 Å². The molecule has 2 aromatic rings. The van der Waals surface area contributed by atoms with Gasteiger partial charge in [0.15, 0.2) is 9.84 Å². The van der Waals surface area contributed by atoms with Crippen molar-refractivity contribution in [3.8, 4) is 0 Å². The number of nitrogens with one attached hydrogen (secondary N) is 2. The minimum absolute atomic E-state index is 0.0338. The van der Waals surface area contributed by atoms with Gasteiger partial charge in [0.05, 0.1) is 28.7 Å². The van der Waals surface area contributed by atoms with Crippen LogP contribution < -0.4 is 10.6 Å². The largest absolute Gasteiger partial charge is 0.416 e. The van der Waals surface area contributed by atoms with Gasteiger partial charge in [-0.25, -0.2) is 12.8 Å². The van der Waals surface area contributed by atoms with Crippen molar-refractivity contribution < 1.29 is 40.7 Å². The molecule has 2 amide bonds. The van der Waals surface area contributed by atoms with E-state index in [1.807, 2.05) is 6.92 Å². The van der Waals surface area contributed by atoms with E-state index in [4.69, 9.17) is 0 Å². The monoisotopic (exact) mass is 597 g/mol. The van der Waals surface area contributed by atoms with Crippen LogP contribution in [-0.4, -0.2) is 61.7 Å². The zero-order valence-electron chi connectivity index (χ0n) is 22.4. The molecule has 0 spiro atoms. The van der Waals surface area contributed by atoms with Crippen LogP contribution in [0.15, 0.2) is 41.3 Å². The Balaban J connectivity index is 1.44. The van der Waals surface area contributed by atoms with Gasteiger partial charge < -0.3 is 20.6 Å². The number of amides is 2. The van der Waals surface area contributed by atoms with Crippen molar-refractivity contribution in [2.75, 3.05) is 24.7 Å². The Labute approximate surface area is 235 Å². The van der Waals surface area contributed by atoms with Crippen LogP contribution in [0.25, 0.3) is 0 Å². The summed E-state index contributed by atoms with van der Waals surface area (Å²) in [5.41, 5.74) is -0.829. The lowest BCUT2D eigenvalue weighted by Gasteiger charge is -2.31. The molecule has 2 unspecified atom stereocenters. The van der Waals surface area contributed by atoms with Gasteiger partial charge in [-0.3, -0.25) is 9.59 Å². The number of sulfone groups is 1. The fourth-order valence-electron chi connectivity index (χ4n) is 5.92. The van der Waals surface area contributed by atoms with Crippen molar-refractivity contribution in [3.63, 3.8) is 0 Å². The number of carbonyl (C=O) groups is 2. The highest BCUT2D eigenvalue weighted by atomic mass is 32.2. The Hall–Kier alpha value is -3.19. The Kier molecular flexibility index (Phi) is 7.56. The summed E-state index contributed by atoms with van der Waals surface area (Å²) in [7, 11) is -3.66. The first-order valence-corrected chi connectivity index (χ1v) is 15.3. The van der Waals surface area contributed by atoms with Gasteiger partial charge >= 0.3 is 6.18 Å². The van der Waals surface area contributed by atoms with Gasteiger partial charge in [-0.05, 0) is 67.3 Å². The molecule has 2 saturated carbocycles. The predicted octanol–water partition coefficient (Wildman–Crippen LogP) is 3.77. The zero-order chi connectivity index (χ0) is 29.9. The third kappa shape index (κ3) is 5.78. The number of piperidine rings is 1. The number of likely N-dealkylation sites (tertiary alicyclic amines) is 1. The number of benzene rings is 2. The molecular formula is C28H31F4N3O5S. The van der Waals surface area contributed by atoms with Crippen molar-refractivity contribution in [1.82, 2.24) is 10.2 Å². The van der Waals surface area contributed by atoms with E-state index in [-0.39, 0.29) is 53.0 Å². The number of hydrogen-bond donors (Lipinski definition) is 3. The number of alkyl halides is 3. The maximum absolute atomic E-state index is 14.9. The predicted molar refractivity (Wildman–Crippen MR) is 141 cm³/mol. The summed E-state index contributed by atoms with van der Waals surface area (Å²) in [6.07, 6.45) is -2.01. The first-order valence-electron chi connectivity index (χ1n) is 13.4. The summed E-state index contributed by atoms with van der Waals surface area (Å²) in [4.78, 5) is 29.0. The third-order valence-corrected chi connectivity index (χ3v) is 9.44. The Bertz CT molecular complexity index is 1480. The Morgan fingerprint density at radius 3 is 2.44 bits per heavy atom. The summed E-state index contributed by atoms with van der Waals surface area (Å²) >= 11 is 0. The summed E-state index contributed by atoms with van der Waals surface area (Å²) in [6, 6.07) is 4.26. The highest BCUT2D eigenvalue weighted by Gasteiger charge is 2.62. The first kappa shape index (κ1) is 29.3. The molecule has 1 heterocycles. The SMILES string of the molecule is C[C@@H]1C2C[C@H](C(=O)N[C@@H](c3ccc(C(F)(F)F)cc3F)C3CC3)N(C(=O)c3cc(S(C)(=O)=O)ccc3NCCO)C21. The Morgan fingerprint density at radius 1 is 1.15 bits per heavy atom. The van der Waals surface area contributed by atoms with Gasteiger partial charge in [0.25, 0.3) is 5.91 Å². The van der Waals surface area contributed by atoms with Crippen LogP contribution in [0.3, 0.4) is 0 Å². The molecule has 8 nitrogen and oxygen atoms in total. The number of nitrogens with zero attached hydrogens (tertiary/aromatic N) is 1. The number of carbonyl (C=O) groups excluding carboxylic acids is 2. The quantitative estimate of drug-likeness (QED) is 0.379. The number of aliphatic hydroxyl groups excluding tert-OH is 1. The van der Waals surface area contributed by atoms with E-state index < -0.39 is 51.3 Å². The second-order valence-electron chi connectivity index (χ2n) is 11.2. The maximum Gasteiger partial charge on any atom is 0.416 e. The molecule has 5 atom stereocenters. The molecule has 3 fully saturated rings. The molecule has 3 N–H and O–H groups in total. The van der Waals surface area contributed by atoms with Crippen LogP contribution in [-0.2, 0) is 20.8 Å². The standard InChI is InChI=1S/C28H31F4N3O5S/c1-14-19-13-23(26(37)34-24(15-3-4-15)18-7-5-16(11-21(18)29)28(30,31)32)35(25(14)19)27(38)20-12-17(41(2,39)40)6-8-22(20)33-9-10-36/h5-8,11-12,14-15,19,23-25,33,36H,3-4,9-10,13H2,1-2H3,(H,34,37)/t14-,19?,23-,24-,25?/m1/s1. The summed E-state index contributed by atoms with van der Waals surface area (Å²) in [5, 5.41) is 15.0. The first-order chi connectivity index (χ1) is 19.2. The van der Waals surface area contributed by atoms with Gasteiger partial charge in [0.1, 0.15) is 11.9 Å². The van der Waals surface area contributed by atoms with Crippen LogP contribution in [0.4, 0.5) is 23.2 Å². The maximum atomic E-state index is 14.9. The van der Waals surface area contributed by atoms with E-state index in [1.165, 1.54) is 23.1 Å². The van der Waals surface area contributed by atoms with Gasteiger partial charge in [0.2, 0.25) is 5.91 Å². The fraction of sp³-hybridized carbons (Fsp3) is 0.500. The van der Waals surface area contributed by atoms with Gasteiger partial charge in [-0.15, -0.1) is 0 Å². The van der Waals surface area contributed by atoms with E-state index in [9.17, 15) is 40.7 Å². The number of hydrogen-bond acceptors (Lipinski definition) is 6. The molecule has 0 aromatic heterocycles. The van der Waals surface area contributed by atoms with Crippen LogP contribution in [0.1, 0.15) is 53.7 Å². The van der Waals surface area contributed by atoms with Crippen molar-refractivity contribution in [1.29, 1.82) is 0 Å². The molecule has 0 bridgehead atoms. The molecule has 2 aromatic carbocycles. The van der Waals surface area contributed by atoms with E-state index in [0.717, 1.165) is 18.4 Å². The van der Waals surface area contributed by atoms with Crippen molar-refractivity contribution >= 4 is 27.3 Å². The topological polar surface area (TPSA) is 116 Å². The molecular weight excluding hydrogens is 566 g/mol. The molecule has 5 rings (SSSR count). The number of halogens is 4. The fourth-order valence-corrected chi connectivity index (χ4v) is 6.57. The minimum atomic E-state index is -4.71. The van der Waals surface area contributed by atoms with Crippen molar-refractivity contribution in [2.24, 2.45) is 17.8 Å². The van der Waals surface area contributed by atoms with Crippen molar-refractivity contribution in [3.05, 3.63) is 58.9 Å². The second kappa shape index (κ2) is 10.6. The average molecular weight is 598 g/mol. The molecule has 0 radical (unpaired) electrons. The highest BCUT2D eigenvalue weighted by molar-refractivity contribution is 7.90. The van der Waals surface area contributed by atoms with Crippen LogP contribution in [0.5, 0.6) is 0 Å². The lowest BCUT2D eigenvalue weighted by atomic mass is 9.98. The molecule has 1 aliphatic heterocycles. The summed E-state index contributed by atoms with van der Waals surface area (Å²) < 4.78 is 78.6. The minimum Gasteiger partial charge on any atom is -0.395 e. The molecule has 222 valence electrons. The molecule has 1 saturated heterocycles. The summed E-state index contributed by atoms with van der Waals surface area (Å²) in [5.74, 6) is -2.16. The van der Waals surface area contributed by atoms with Gasteiger partial charge in [-0.2, -0.15) is 13.2 Å². The van der Waals surface area contributed by atoms with Crippen molar-refractivity contribution in [2.45, 2.75) is 55.4 Å². The normalized spacial score (nSPS) is 24.5. The molecule has 2 aliphatic carbocycles. The molecule has 13 heteroatoms. The van der Waals surface area contributed by atoms with Crippen LogP contribution in [0.2, 0.25) is 0 Å². The highest BCUT2D eigenvalue weighted by Crippen LogP contribution is 2.54. The smallest absolute Gasteiger partial charge is 0.395 e. The van der Waals surface area contributed by atoms with E-state index in [0.29, 0.717) is 31.0 Å². The van der Waals surface area contributed by atoms with E-state index in [2.05, 4.69) is 10.6 Å². The Morgan fingerprint density at radius 2 is 1.85 bits per heavy atom. The zero-order valence-corrected chi connectivity index (χ0v) is 23.2. The van der Waals surface area contributed by atoms with Crippen LogP contribution in [0, 0.1) is 23.6 Å². The summed E-state index contributed by atoms with van der Waals surface area (Å²) in [6.45, 7) is 1.82. The average Bonchev–Trinajstić information content (AvgIpc) is 3.81. The lowest BCUT2D eigenvalue weighted by molar-refractivity contribution is -0.137. The van der Waals surface area contributed by atoms with Crippen LogP contribution >= 0.6 is 0 Å². The lowest BCUT2D eigenvalue weighted by Crippen LogP contribution is -2.49.